The van der Waals surface area contributed by atoms with Crippen molar-refractivity contribution >= 4 is 17.3 Å². The zero-order chi connectivity index (χ0) is 14.8. The van der Waals surface area contributed by atoms with Gasteiger partial charge in [0.05, 0.1) is 10.9 Å². The number of hydrogen-bond acceptors (Lipinski definition) is 3. The molecule has 2 aromatic carbocycles. The van der Waals surface area contributed by atoms with Gasteiger partial charge in [0.15, 0.2) is 12.0 Å². The molecule has 0 amide bonds. The number of fused-ring (bicyclic) bond motifs is 1. The van der Waals surface area contributed by atoms with Crippen LogP contribution in [-0.4, -0.2) is 6.29 Å². The smallest absolute Gasteiger partial charge is 0.201 e. The summed E-state index contributed by atoms with van der Waals surface area (Å²) >= 11 is 0. The number of benzene rings is 2. The molecule has 0 N–H and O–H groups in total. The Hall–Kier alpha value is -2.68. The molecule has 0 spiro atoms. The summed E-state index contributed by atoms with van der Waals surface area (Å²) in [7, 11) is 0. The molecule has 21 heavy (non-hydrogen) atoms. The SMILES string of the molecule is CCc1cccc2oc(C=O)c(-c3ccccc3)c(=O)c12. The van der Waals surface area contributed by atoms with E-state index in [9.17, 15) is 9.59 Å². The van der Waals surface area contributed by atoms with Crippen LogP contribution in [0.3, 0.4) is 0 Å². The number of carbonyl (C=O) groups is 1. The Bertz CT molecular complexity index is 861. The molecular weight excluding hydrogens is 264 g/mol. The van der Waals surface area contributed by atoms with Gasteiger partial charge in [0.2, 0.25) is 5.43 Å². The second kappa shape index (κ2) is 5.37. The van der Waals surface area contributed by atoms with Crippen molar-refractivity contribution in [2.45, 2.75) is 13.3 Å². The molecule has 0 unspecified atom stereocenters. The van der Waals surface area contributed by atoms with E-state index in [0.717, 1.165) is 12.0 Å². The van der Waals surface area contributed by atoms with Crippen LogP contribution in [0, 0.1) is 0 Å². The lowest BCUT2D eigenvalue weighted by atomic mass is 9.99. The number of carbonyl (C=O) groups excluding carboxylic acids is 1. The molecule has 1 heterocycles. The van der Waals surface area contributed by atoms with Crippen molar-refractivity contribution < 1.29 is 9.21 Å². The Balaban J connectivity index is 2.47. The van der Waals surface area contributed by atoms with Gasteiger partial charge < -0.3 is 4.42 Å². The summed E-state index contributed by atoms with van der Waals surface area (Å²) < 4.78 is 5.65. The Morgan fingerprint density at radius 2 is 1.81 bits per heavy atom. The zero-order valence-corrected chi connectivity index (χ0v) is 11.6. The highest BCUT2D eigenvalue weighted by molar-refractivity contribution is 5.92. The van der Waals surface area contributed by atoms with Gasteiger partial charge in [-0.1, -0.05) is 49.4 Å². The Kier molecular flexibility index (Phi) is 3.40. The van der Waals surface area contributed by atoms with Crippen LogP contribution in [0.5, 0.6) is 0 Å². The number of aryl methyl sites for hydroxylation is 1. The fraction of sp³-hybridized carbons (Fsp3) is 0.111. The maximum atomic E-state index is 12.9. The van der Waals surface area contributed by atoms with Crippen LogP contribution < -0.4 is 5.43 Å². The summed E-state index contributed by atoms with van der Waals surface area (Å²) in [5, 5.41) is 0.560. The van der Waals surface area contributed by atoms with Crippen molar-refractivity contribution in [1.82, 2.24) is 0 Å². The molecule has 0 fully saturated rings. The molecule has 1 aromatic heterocycles. The lowest BCUT2D eigenvalue weighted by Crippen LogP contribution is -2.10. The third kappa shape index (κ3) is 2.17. The first-order valence-corrected chi connectivity index (χ1v) is 6.85. The lowest BCUT2D eigenvalue weighted by Gasteiger charge is -2.08. The third-order valence-electron chi connectivity index (χ3n) is 3.58. The summed E-state index contributed by atoms with van der Waals surface area (Å²) in [6.45, 7) is 1.99. The minimum Gasteiger partial charge on any atom is -0.452 e. The highest BCUT2D eigenvalue weighted by atomic mass is 16.3. The molecule has 0 aliphatic rings. The predicted octanol–water partition coefficient (Wildman–Crippen LogP) is 3.83. The van der Waals surface area contributed by atoms with Gasteiger partial charge in [0, 0.05) is 0 Å². The second-order valence-electron chi connectivity index (χ2n) is 4.80. The standard InChI is InChI=1S/C18H14O3/c1-2-12-9-6-10-14-16(12)18(20)17(15(11-19)21-14)13-7-4-3-5-8-13/h3-11H,2H2,1H3. The molecule has 3 rings (SSSR count). The van der Waals surface area contributed by atoms with E-state index < -0.39 is 0 Å². The van der Waals surface area contributed by atoms with Crippen LogP contribution in [0.15, 0.2) is 57.7 Å². The topological polar surface area (TPSA) is 47.3 Å². The molecule has 0 radical (unpaired) electrons. The average molecular weight is 278 g/mol. The van der Waals surface area contributed by atoms with E-state index in [4.69, 9.17) is 4.42 Å². The van der Waals surface area contributed by atoms with Gasteiger partial charge in [-0.2, -0.15) is 0 Å². The van der Waals surface area contributed by atoms with E-state index in [1.54, 1.807) is 18.2 Å². The third-order valence-corrected chi connectivity index (χ3v) is 3.58. The molecular formula is C18H14O3. The van der Waals surface area contributed by atoms with Crippen LogP contribution in [0.4, 0.5) is 0 Å². The monoisotopic (exact) mass is 278 g/mol. The second-order valence-corrected chi connectivity index (χ2v) is 4.80. The Morgan fingerprint density at radius 3 is 2.48 bits per heavy atom. The van der Waals surface area contributed by atoms with Crippen LogP contribution in [0.2, 0.25) is 0 Å². The summed E-state index contributed by atoms with van der Waals surface area (Å²) in [6, 6.07) is 14.6. The molecule has 0 aliphatic carbocycles. The quantitative estimate of drug-likeness (QED) is 0.684. The maximum Gasteiger partial charge on any atom is 0.201 e. The van der Waals surface area contributed by atoms with Crippen LogP contribution in [-0.2, 0) is 6.42 Å². The minimum absolute atomic E-state index is 0.0759. The molecule has 0 bridgehead atoms. The number of hydrogen-bond donors (Lipinski definition) is 0. The van der Waals surface area contributed by atoms with E-state index in [2.05, 4.69) is 0 Å². The maximum absolute atomic E-state index is 12.9. The van der Waals surface area contributed by atoms with Gasteiger partial charge in [0.25, 0.3) is 0 Å². The van der Waals surface area contributed by atoms with Crippen molar-refractivity contribution in [3.8, 4) is 11.1 Å². The minimum atomic E-state index is -0.151. The van der Waals surface area contributed by atoms with Crippen LogP contribution in [0.25, 0.3) is 22.1 Å². The first kappa shape index (κ1) is 13.3. The zero-order valence-electron chi connectivity index (χ0n) is 11.6. The summed E-state index contributed by atoms with van der Waals surface area (Å²) in [4.78, 5) is 24.2. The average Bonchev–Trinajstić information content (AvgIpc) is 2.54. The summed E-state index contributed by atoms with van der Waals surface area (Å²) in [5.41, 5.74) is 2.26. The molecule has 3 nitrogen and oxygen atoms in total. The van der Waals surface area contributed by atoms with Gasteiger partial charge in [-0.3, -0.25) is 9.59 Å². The van der Waals surface area contributed by atoms with Crippen LogP contribution in [0.1, 0.15) is 23.0 Å². The molecule has 104 valence electrons. The molecule has 0 aliphatic heterocycles. The van der Waals surface area contributed by atoms with Gasteiger partial charge in [0.1, 0.15) is 5.58 Å². The van der Waals surface area contributed by atoms with Crippen molar-refractivity contribution in [3.05, 3.63) is 70.1 Å². The first-order valence-electron chi connectivity index (χ1n) is 6.85. The molecule has 3 aromatic rings. The van der Waals surface area contributed by atoms with E-state index >= 15 is 0 Å². The van der Waals surface area contributed by atoms with E-state index in [1.807, 2.05) is 37.3 Å². The van der Waals surface area contributed by atoms with E-state index in [0.29, 0.717) is 28.4 Å². The van der Waals surface area contributed by atoms with Crippen LogP contribution >= 0.6 is 0 Å². The Labute approximate surface area is 121 Å². The molecule has 0 atom stereocenters. The fourth-order valence-corrected chi connectivity index (χ4v) is 2.58. The lowest BCUT2D eigenvalue weighted by molar-refractivity contribution is 0.110. The first-order chi connectivity index (χ1) is 10.3. The van der Waals surface area contributed by atoms with Gasteiger partial charge in [-0.05, 0) is 23.6 Å². The predicted molar refractivity (Wildman–Crippen MR) is 82.7 cm³/mol. The Morgan fingerprint density at radius 1 is 1.05 bits per heavy atom. The van der Waals surface area contributed by atoms with E-state index in [1.165, 1.54) is 0 Å². The van der Waals surface area contributed by atoms with Gasteiger partial charge in [-0.25, -0.2) is 0 Å². The van der Waals surface area contributed by atoms with Crippen molar-refractivity contribution in [3.63, 3.8) is 0 Å². The van der Waals surface area contributed by atoms with E-state index in [-0.39, 0.29) is 11.2 Å². The highest BCUT2D eigenvalue weighted by Crippen LogP contribution is 2.25. The number of aldehydes is 1. The highest BCUT2D eigenvalue weighted by Gasteiger charge is 2.17. The molecule has 0 saturated heterocycles. The van der Waals surface area contributed by atoms with Gasteiger partial charge in [-0.15, -0.1) is 0 Å². The number of rotatable bonds is 3. The normalized spacial score (nSPS) is 10.7. The molecule has 3 heteroatoms. The van der Waals surface area contributed by atoms with Crippen molar-refractivity contribution in [1.29, 1.82) is 0 Å². The molecule has 0 saturated carbocycles. The summed E-state index contributed by atoms with van der Waals surface area (Å²) in [5.74, 6) is 0.0759. The largest absolute Gasteiger partial charge is 0.452 e. The van der Waals surface area contributed by atoms with Crippen molar-refractivity contribution in [2.75, 3.05) is 0 Å². The van der Waals surface area contributed by atoms with Crippen molar-refractivity contribution in [2.24, 2.45) is 0 Å². The summed E-state index contributed by atoms with van der Waals surface area (Å²) in [6.07, 6.45) is 1.33. The fourth-order valence-electron chi connectivity index (χ4n) is 2.58. The van der Waals surface area contributed by atoms with Gasteiger partial charge >= 0.3 is 0 Å².